The van der Waals surface area contributed by atoms with Gasteiger partial charge in [-0.1, -0.05) is 0 Å². The molecule has 0 aliphatic rings. The Morgan fingerprint density at radius 2 is 1.94 bits per heavy atom. The van der Waals surface area contributed by atoms with E-state index in [1.54, 1.807) is 6.20 Å². The summed E-state index contributed by atoms with van der Waals surface area (Å²) in [5.74, 6) is 0.853. The molecule has 0 atom stereocenters. The van der Waals surface area contributed by atoms with Gasteiger partial charge < -0.3 is 4.74 Å². The van der Waals surface area contributed by atoms with Gasteiger partial charge in [0.15, 0.2) is 0 Å². The number of rotatable bonds is 3. The second-order valence-electron chi connectivity index (χ2n) is 3.17. The van der Waals surface area contributed by atoms with Crippen LogP contribution in [0.1, 0.15) is 6.92 Å². The molecule has 0 spiro atoms. The molecule has 0 saturated heterocycles. The second kappa shape index (κ2) is 4.94. The van der Waals surface area contributed by atoms with Gasteiger partial charge in [-0.2, -0.15) is 0 Å². The fourth-order valence-corrected chi connectivity index (χ4v) is 1.53. The van der Waals surface area contributed by atoms with Crippen LogP contribution < -0.4 is 4.74 Å². The van der Waals surface area contributed by atoms with E-state index in [0.717, 1.165) is 17.0 Å². The monoisotopic (exact) mass is 234 g/mol. The zero-order valence-corrected chi connectivity index (χ0v) is 9.61. The van der Waals surface area contributed by atoms with E-state index in [0.29, 0.717) is 6.61 Å². The zero-order chi connectivity index (χ0) is 11.4. The van der Waals surface area contributed by atoms with Gasteiger partial charge in [0.2, 0.25) is 5.28 Å². The van der Waals surface area contributed by atoms with Gasteiger partial charge in [0, 0.05) is 11.8 Å². The smallest absolute Gasteiger partial charge is 0.222 e. The first-order valence-corrected chi connectivity index (χ1v) is 5.39. The first-order valence-electron chi connectivity index (χ1n) is 5.01. The lowest BCUT2D eigenvalue weighted by molar-refractivity contribution is 0.340. The highest BCUT2D eigenvalue weighted by Crippen LogP contribution is 2.21. The van der Waals surface area contributed by atoms with Crippen molar-refractivity contribution < 1.29 is 4.74 Å². The predicted molar refractivity (Wildman–Crippen MR) is 63.6 cm³/mol. The van der Waals surface area contributed by atoms with Gasteiger partial charge in [-0.15, -0.1) is 0 Å². The molecule has 1 aromatic heterocycles. The Morgan fingerprint density at radius 1 is 1.19 bits per heavy atom. The molecule has 0 aliphatic heterocycles. The molecule has 0 unspecified atom stereocenters. The molecule has 0 aliphatic carbocycles. The van der Waals surface area contributed by atoms with Crippen LogP contribution >= 0.6 is 11.6 Å². The Hall–Kier alpha value is -1.61. The van der Waals surface area contributed by atoms with Gasteiger partial charge in [0.05, 0.1) is 12.3 Å². The predicted octanol–water partition coefficient (Wildman–Crippen LogP) is 3.20. The van der Waals surface area contributed by atoms with E-state index in [4.69, 9.17) is 16.3 Å². The Kier molecular flexibility index (Phi) is 3.37. The van der Waals surface area contributed by atoms with Crippen LogP contribution in [0.2, 0.25) is 5.28 Å². The number of benzene rings is 1. The first-order chi connectivity index (χ1) is 7.79. The van der Waals surface area contributed by atoms with Gasteiger partial charge in [0.1, 0.15) is 5.75 Å². The summed E-state index contributed by atoms with van der Waals surface area (Å²) in [5, 5.41) is 0.256. The average Bonchev–Trinajstić information content (AvgIpc) is 2.30. The zero-order valence-electron chi connectivity index (χ0n) is 8.85. The molecule has 1 heterocycles. The summed E-state index contributed by atoms with van der Waals surface area (Å²) < 4.78 is 5.36. The first kappa shape index (κ1) is 10.9. The minimum atomic E-state index is 0.256. The maximum atomic E-state index is 5.73. The fraction of sp³-hybridized carbons (Fsp3) is 0.167. The van der Waals surface area contributed by atoms with Crippen LogP contribution in [-0.4, -0.2) is 16.6 Å². The van der Waals surface area contributed by atoms with Gasteiger partial charge in [-0.05, 0) is 48.9 Å². The lowest BCUT2D eigenvalue weighted by atomic mass is 10.1. The Bertz CT molecular complexity index is 471. The maximum Gasteiger partial charge on any atom is 0.222 e. The molecule has 82 valence electrons. The highest BCUT2D eigenvalue weighted by molar-refractivity contribution is 6.28. The molecule has 2 aromatic rings. The Balaban J connectivity index is 2.27. The van der Waals surface area contributed by atoms with Crippen molar-refractivity contribution in [3.05, 3.63) is 41.8 Å². The van der Waals surface area contributed by atoms with E-state index in [1.165, 1.54) is 0 Å². The van der Waals surface area contributed by atoms with Crippen molar-refractivity contribution in [3.63, 3.8) is 0 Å². The molecule has 0 N–H and O–H groups in total. The topological polar surface area (TPSA) is 35.0 Å². The molecular weight excluding hydrogens is 224 g/mol. The van der Waals surface area contributed by atoms with Crippen LogP contribution in [-0.2, 0) is 0 Å². The van der Waals surface area contributed by atoms with E-state index in [9.17, 15) is 0 Å². The summed E-state index contributed by atoms with van der Waals surface area (Å²) in [5.41, 5.74) is 1.80. The van der Waals surface area contributed by atoms with Crippen molar-refractivity contribution in [2.45, 2.75) is 6.92 Å². The normalized spacial score (nSPS) is 10.1. The lowest BCUT2D eigenvalue weighted by Crippen LogP contribution is -1.91. The molecular formula is C12H11ClN2O. The summed E-state index contributed by atoms with van der Waals surface area (Å²) in [4.78, 5) is 7.97. The maximum absolute atomic E-state index is 5.73. The second-order valence-corrected chi connectivity index (χ2v) is 3.51. The Labute approximate surface area is 99.1 Å². The van der Waals surface area contributed by atoms with E-state index in [2.05, 4.69) is 9.97 Å². The number of halogens is 1. The molecule has 0 bridgehead atoms. The van der Waals surface area contributed by atoms with Gasteiger partial charge in [-0.25, -0.2) is 9.97 Å². The minimum absolute atomic E-state index is 0.256. The van der Waals surface area contributed by atoms with Crippen molar-refractivity contribution in [1.82, 2.24) is 9.97 Å². The van der Waals surface area contributed by atoms with Crippen LogP contribution in [0.5, 0.6) is 5.75 Å². The molecule has 1 aromatic carbocycles. The summed E-state index contributed by atoms with van der Waals surface area (Å²) >= 11 is 5.73. The number of hydrogen-bond acceptors (Lipinski definition) is 3. The summed E-state index contributed by atoms with van der Waals surface area (Å²) in [6.07, 6.45) is 1.64. The molecule has 0 saturated carbocycles. The van der Waals surface area contributed by atoms with Gasteiger partial charge in [0.25, 0.3) is 0 Å². The average molecular weight is 235 g/mol. The number of aromatic nitrogens is 2. The van der Waals surface area contributed by atoms with Gasteiger partial charge in [-0.3, -0.25) is 0 Å². The van der Waals surface area contributed by atoms with Crippen molar-refractivity contribution >= 4 is 11.6 Å². The summed E-state index contributed by atoms with van der Waals surface area (Å²) in [6.45, 7) is 2.62. The van der Waals surface area contributed by atoms with Gasteiger partial charge >= 0.3 is 0 Å². The molecule has 3 nitrogen and oxygen atoms in total. The van der Waals surface area contributed by atoms with Crippen LogP contribution in [0.4, 0.5) is 0 Å². The third kappa shape index (κ3) is 2.49. The van der Waals surface area contributed by atoms with Crippen molar-refractivity contribution in [3.8, 4) is 17.0 Å². The molecule has 0 radical (unpaired) electrons. The van der Waals surface area contributed by atoms with Crippen LogP contribution in [0.25, 0.3) is 11.3 Å². The number of hydrogen-bond donors (Lipinski definition) is 0. The Morgan fingerprint density at radius 3 is 2.56 bits per heavy atom. The molecule has 4 heteroatoms. The number of nitrogens with zero attached hydrogens (tertiary/aromatic N) is 2. The largest absolute Gasteiger partial charge is 0.494 e. The third-order valence-corrected chi connectivity index (χ3v) is 2.27. The summed E-state index contributed by atoms with van der Waals surface area (Å²) in [6, 6.07) is 9.54. The standard InChI is InChI=1S/C12H11ClN2O/c1-2-16-10-5-3-9(4-6-10)11-7-8-14-12(13)15-11/h3-8H,2H2,1H3. The third-order valence-electron chi connectivity index (χ3n) is 2.09. The van der Waals surface area contributed by atoms with Crippen LogP contribution in [0, 0.1) is 0 Å². The molecule has 0 fully saturated rings. The SMILES string of the molecule is CCOc1ccc(-c2ccnc(Cl)n2)cc1. The van der Waals surface area contributed by atoms with E-state index < -0.39 is 0 Å². The van der Waals surface area contributed by atoms with E-state index >= 15 is 0 Å². The minimum Gasteiger partial charge on any atom is -0.494 e. The molecule has 0 amide bonds. The van der Waals surface area contributed by atoms with Crippen molar-refractivity contribution in [2.75, 3.05) is 6.61 Å². The van der Waals surface area contributed by atoms with Crippen LogP contribution in [0.3, 0.4) is 0 Å². The van der Waals surface area contributed by atoms with Crippen molar-refractivity contribution in [2.24, 2.45) is 0 Å². The van der Waals surface area contributed by atoms with E-state index in [-0.39, 0.29) is 5.28 Å². The van der Waals surface area contributed by atoms with Crippen LogP contribution in [0.15, 0.2) is 36.5 Å². The van der Waals surface area contributed by atoms with E-state index in [1.807, 2.05) is 37.3 Å². The molecule has 2 rings (SSSR count). The number of ether oxygens (including phenoxy) is 1. The fourth-order valence-electron chi connectivity index (χ4n) is 1.38. The lowest BCUT2D eigenvalue weighted by Gasteiger charge is -2.04. The summed E-state index contributed by atoms with van der Waals surface area (Å²) in [7, 11) is 0. The highest BCUT2D eigenvalue weighted by atomic mass is 35.5. The highest BCUT2D eigenvalue weighted by Gasteiger charge is 2.01. The molecule has 16 heavy (non-hydrogen) atoms. The quantitative estimate of drug-likeness (QED) is 0.765. The van der Waals surface area contributed by atoms with Crippen molar-refractivity contribution in [1.29, 1.82) is 0 Å².